The Balaban J connectivity index is 2.01. The number of H-pyrrole nitrogens is 1. The smallest absolute Gasteiger partial charge is 0.343 e. The Morgan fingerprint density at radius 2 is 1.72 bits per heavy atom. The van der Waals surface area contributed by atoms with Crippen LogP contribution in [0.25, 0.3) is 11.2 Å². The number of hydrogen-bond acceptors (Lipinski definition) is 6. The Morgan fingerprint density at radius 3 is 2.31 bits per heavy atom. The highest BCUT2D eigenvalue weighted by molar-refractivity contribution is 5.71. The van der Waals surface area contributed by atoms with Crippen LogP contribution < -0.4 is 16.0 Å². The van der Waals surface area contributed by atoms with Crippen LogP contribution in [0, 0.1) is 0 Å². The average Bonchev–Trinajstić information content (AvgIpc) is 3.24. The molecule has 3 aromatic rings. The van der Waals surface area contributed by atoms with Crippen molar-refractivity contribution in [1.82, 2.24) is 19.1 Å². The van der Waals surface area contributed by atoms with Crippen molar-refractivity contribution in [1.29, 1.82) is 0 Å². The second-order valence-electron chi connectivity index (χ2n) is 7.61. The number of carbonyl (C=O) groups is 1. The average molecular weight is 443 g/mol. The number of aryl methyl sites for hydroxylation is 1. The summed E-state index contributed by atoms with van der Waals surface area (Å²) in [5.41, 5.74) is 1.10. The summed E-state index contributed by atoms with van der Waals surface area (Å²) in [7, 11) is 1.31. The van der Waals surface area contributed by atoms with E-state index in [1.807, 2.05) is 32.9 Å². The first-order valence-corrected chi connectivity index (χ1v) is 11.0. The van der Waals surface area contributed by atoms with Gasteiger partial charge in [-0.25, -0.2) is 14.6 Å². The lowest BCUT2D eigenvalue weighted by Gasteiger charge is -2.13. The lowest BCUT2D eigenvalue weighted by molar-refractivity contribution is -0.142. The van der Waals surface area contributed by atoms with Crippen molar-refractivity contribution in [3.63, 3.8) is 0 Å². The van der Waals surface area contributed by atoms with E-state index in [9.17, 15) is 14.4 Å². The Hall–Kier alpha value is -3.36. The topological polar surface area (TPSA) is 108 Å². The molecule has 9 heteroatoms. The number of hydrogen-bond donors (Lipinski definition) is 1. The number of nitrogens with zero attached hydrogens (tertiary/aromatic N) is 3. The van der Waals surface area contributed by atoms with Crippen LogP contribution in [0.4, 0.5) is 0 Å². The van der Waals surface area contributed by atoms with Crippen molar-refractivity contribution >= 4 is 17.1 Å². The van der Waals surface area contributed by atoms with Crippen LogP contribution in [-0.4, -0.2) is 38.8 Å². The molecule has 0 radical (unpaired) electrons. The van der Waals surface area contributed by atoms with Crippen molar-refractivity contribution in [3.8, 4) is 5.75 Å². The van der Waals surface area contributed by atoms with Crippen LogP contribution >= 0.6 is 0 Å². The Labute approximate surface area is 186 Å². The van der Waals surface area contributed by atoms with Crippen molar-refractivity contribution in [2.45, 2.75) is 59.0 Å². The molecule has 2 heterocycles. The first kappa shape index (κ1) is 23.3. The summed E-state index contributed by atoms with van der Waals surface area (Å²) in [6.45, 7) is 6.66. The van der Waals surface area contributed by atoms with Crippen LogP contribution in [-0.2, 0) is 22.6 Å². The van der Waals surface area contributed by atoms with Crippen molar-refractivity contribution in [2.24, 2.45) is 0 Å². The number of fused-ring (bicyclic) bond motifs is 1. The molecule has 1 N–H and O–H groups in total. The fraction of sp³-hybridized carbons (Fsp3) is 0.478. The number of imidazole rings is 1. The van der Waals surface area contributed by atoms with Crippen molar-refractivity contribution in [2.75, 3.05) is 13.7 Å². The summed E-state index contributed by atoms with van der Waals surface area (Å²) in [6, 6.07) is 7.38. The molecule has 172 valence electrons. The van der Waals surface area contributed by atoms with Gasteiger partial charge in [0.15, 0.2) is 12.3 Å². The highest BCUT2D eigenvalue weighted by Gasteiger charge is 2.21. The zero-order valence-corrected chi connectivity index (χ0v) is 19.0. The molecule has 0 amide bonds. The van der Waals surface area contributed by atoms with Gasteiger partial charge in [-0.3, -0.25) is 13.9 Å². The van der Waals surface area contributed by atoms with Gasteiger partial charge in [0.05, 0.1) is 7.11 Å². The minimum Gasteiger partial charge on any atom is -0.482 e. The third-order valence-corrected chi connectivity index (χ3v) is 5.38. The Bertz CT molecular complexity index is 1190. The summed E-state index contributed by atoms with van der Waals surface area (Å²) in [6.07, 6.45) is 2.19. The predicted molar refractivity (Wildman–Crippen MR) is 121 cm³/mol. The highest BCUT2D eigenvalue weighted by Crippen LogP contribution is 2.28. The minimum absolute atomic E-state index is 0.0961. The molecule has 3 rings (SSSR count). The second-order valence-corrected chi connectivity index (χ2v) is 7.61. The van der Waals surface area contributed by atoms with Gasteiger partial charge >= 0.3 is 11.7 Å². The molecule has 0 saturated carbocycles. The number of carbonyl (C=O) groups excluding carboxylic acids is 1. The van der Waals surface area contributed by atoms with E-state index in [1.54, 1.807) is 16.7 Å². The number of rotatable bonds is 10. The quantitative estimate of drug-likeness (QED) is 0.484. The van der Waals surface area contributed by atoms with Gasteiger partial charge in [-0.15, -0.1) is 0 Å². The normalized spacial score (nSPS) is 12.1. The molecule has 0 bridgehead atoms. The van der Waals surface area contributed by atoms with Crippen molar-refractivity contribution < 1.29 is 14.3 Å². The second kappa shape index (κ2) is 10.3. The summed E-state index contributed by atoms with van der Waals surface area (Å²) in [5.74, 6) is 0.648. The fourth-order valence-corrected chi connectivity index (χ4v) is 3.78. The molecule has 1 atom stereocenters. The fourth-order valence-electron chi connectivity index (χ4n) is 3.78. The monoisotopic (exact) mass is 442 g/mol. The number of ether oxygens (including phenoxy) is 2. The van der Waals surface area contributed by atoms with Gasteiger partial charge in [0.25, 0.3) is 5.56 Å². The molecule has 0 fully saturated rings. The zero-order chi connectivity index (χ0) is 23.3. The van der Waals surface area contributed by atoms with Crippen molar-refractivity contribution in [3.05, 3.63) is 56.5 Å². The Morgan fingerprint density at radius 1 is 1.06 bits per heavy atom. The van der Waals surface area contributed by atoms with Gasteiger partial charge in [-0.2, -0.15) is 0 Å². The molecule has 9 nitrogen and oxygen atoms in total. The maximum absolute atomic E-state index is 13.0. The first-order chi connectivity index (χ1) is 15.4. The third-order valence-electron chi connectivity index (χ3n) is 5.38. The van der Waals surface area contributed by atoms with E-state index in [4.69, 9.17) is 9.72 Å². The molecule has 32 heavy (non-hydrogen) atoms. The van der Waals surface area contributed by atoms with Gasteiger partial charge in [-0.1, -0.05) is 32.9 Å². The van der Waals surface area contributed by atoms with E-state index in [-0.39, 0.29) is 23.8 Å². The first-order valence-electron chi connectivity index (χ1n) is 11.0. The lowest BCUT2D eigenvalue weighted by Crippen LogP contribution is -2.40. The van der Waals surface area contributed by atoms with Gasteiger partial charge in [0.1, 0.15) is 17.1 Å². The van der Waals surface area contributed by atoms with Gasteiger partial charge < -0.3 is 14.5 Å². The van der Waals surface area contributed by atoms with E-state index in [0.29, 0.717) is 42.2 Å². The molecule has 0 saturated heterocycles. The summed E-state index contributed by atoms with van der Waals surface area (Å²) in [4.78, 5) is 45.0. The number of methoxy groups -OCH3 is 1. The van der Waals surface area contributed by atoms with E-state index < -0.39 is 5.97 Å². The predicted octanol–water partition coefficient (Wildman–Crippen LogP) is 2.80. The van der Waals surface area contributed by atoms with Crippen LogP contribution in [0.2, 0.25) is 0 Å². The maximum atomic E-state index is 13.0. The van der Waals surface area contributed by atoms with Crippen LogP contribution in [0.5, 0.6) is 5.75 Å². The van der Waals surface area contributed by atoms with E-state index >= 15 is 0 Å². The molecule has 0 aliphatic rings. The van der Waals surface area contributed by atoms with E-state index in [0.717, 1.165) is 18.4 Å². The molecular formula is C23H30N4O5. The molecule has 0 aliphatic carbocycles. The summed E-state index contributed by atoms with van der Waals surface area (Å²) in [5, 5.41) is 0. The van der Waals surface area contributed by atoms with Gasteiger partial charge in [-0.05, 0) is 37.0 Å². The SMILES string of the molecule is CCCn1c(=O)c2[nH]c(C(CC)c3ccc(OCC(=O)OC)cc3)nc2n(CCC)c1=O. The molecule has 1 aromatic carbocycles. The zero-order valence-electron chi connectivity index (χ0n) is 19.0. The lowest BCUT2D eigenvalue weighted by atomic mass is 9.96. The maximum Gasteiger partial charge on any atom is 0.343 e. The molecule has 1 unspecified atom stereocenters. The minimum atomic E-state index is -0.449. The molecule has 2 aromatic heterocycles. The van der Waals surface area contributed by atoms with Crippen LogP contribution in [0.15, 0.2) is 33.9 Å². The molecular weight excluding hydrogens is 412 g/mol. The summed E-state index contributed by atoms with van der Waals surface area (Å²) < 4.78 is 12.9. The van der Waals surface area contributed by atoms with E-state index in [2.05, 4.69) is 9.72 Å². The largest absolute Gasteiger partial charge is 0.482 e. The number of aromatic nitrogens is 4. The highest BCUT2D eigenvalue weighted by atomic mass is 16.6. The van der Waals surface area contributed by atoms with E-state index in [1.165, 1.54) is 11.7 Å². The number of aromatic amines is 1. The number of benzene rings is 1. The Kier molecular flexibility index (Phi) is 7.50. The van der Waals surface area contributed by atoms with Crippen LogP contribution in [0.1, 0.15) is 57.3 Å². The number of esters is 1. The standard InChI is InChI=1S/C23H30N4O5/c1-5-12-26-21-19(22(29)27(13-6-2)23(26)30)24-20(25-21)17(7-3)15-8-10-16(11-9-15)32-14-18(28)31-4/h8-11,17H,5-7,12-14H2,1-4H3,(H,24,25). The summed E-state index contributed by atoms with van der Waals surface area (Å²) >= 11 is 0. The number of nitrogens with one attached hydrogen (secondary N) is 1. The third kappa shape index (κ3) is 4.61. The van der Waals surface area contributed by atoms with Crippen LogP contribution in [0.3, 0.4) is 0 Å². The van der Waals surface area contributed by atoms with Gasteiger partial charge in [0.2, 0.25) is 0 Å². The van der Waals surface area contributed by atoms with Gasteiger partial charge in [0, 0.05) is 19.0 Å². The molecule has 0 aliphatic heterocycles. The molecule has 0 spiro atoms.